The highest BCUT2D eigenvalue weighted by atomic mass is 19.1. The summed E-state index contributed by atoms with van der Waals surface area (Å²) in [5, 5.41) is 2.55. The molecule has 0 aliphatic heterocycles. The summed E-state index contributed by atoms with van der Waals surface area (Å²) in [4.78, 5) is 36.3. The van der Waals surface area contributed by atoms with Gasteiger partial charge < -0.3 is 15.0 Å². The van der Waals surface area contributed by atoms with Gasteiger partial charge in [0.2, 0.25) is 5.91 Å². The van der Waals surface area contributed by atoms with E-state index >= 15 is 0 Å². The summed E-state index contributed by atoms with van der Waals surface area (Å²) in [5.74, 6) is -1.35. The topological polar surface area (TPSA) is 75.7 Å². The second kappa shape index (κ2) is 9.64. The Morgan fingerprint density at radius 3 is 2.42 bits per heavy atom. The molecule has 0 aliphatic carbocycles. The van der Waals surface area contributed by atoms with E-state index in [2.05, 4.69) is 5.32 Å². The Labute approximate surface area is 141 Å². The van der Waals surface area contributed by atoms with Gasteiger partial charge in [-0.25, -0.2) is 4.39 Å². The molecule has 0 aromatic heterocycles. The first kappa shape index (κ1) is 19.6. The monoisotopic (exact) mass is 338 g/mol. The van der Waals surface area contributed by atoms with Crippen LogP contribution >= 0.6 is 0 Å². The summed E-state index contributed by atoms with van der Waals surface area (Å²) in [6.07, 6.45) is 0.961. The number of hydrogen-bond donors (Lipinski definition) is 1. The molecule has 0 spiro atoms. The van der Waals surface area contributed by atoms with Gasteiger partial charge in [-0.3, -0.25) is 14.4 Å². The Balaban J connectivity index is 2.33. The Kier molecular flexibility index (Phi) is 7.88. The molecule has 0 heterocycles. The quantitative estimate of drug-likeness (QED) is 0.737. The van der Waals surface area contributed by atoms with Gasteiger partial charge in [0.25, 0.3) is 5.91 Å². The smallest absolute Gasteiger partial charge is 0.306 e. The zero-order valence-electron chi connectivity index (χ0n) is 14.2. The lowest BCUT2D eigenvalue weighted by molar-refractivity contribution is -0.152. The van der Waals surface area contributed by atoms with E-state index in [-0.39, 0.29) is 13.0 Å². The third-order valence-corrected chi connectivity index (χ3v) is 3.22. The van der Waals surface area contributed by atoms with Gasteiger partial charge in [-0.2, -0.15) is 0 Å². The first-order valence-corrected chi connectivity index (χ1v) is 7.73. The molecule has 0 saturated carbocycles. The first-order chi connectivity index (χ1) is 11.3. The van der Waals surface area contributed by atoms with Crippen LogP contribution in [0.2, 0.25) is 0 Å². The van der Waals surface area contributed by atoms with Crippen LogP contribution in [0.15, 0.2) is 24.3 Å². The number of nitrogens with one attached hydrogen (secondary N) is 1. The second-order valence-electron chi connectivity index (χ2n) is 5.90. The summed E-state index contributed by atoms with van der Waals surface area (Å²) in [7, 11) is 1.44. The number of carbonyl (C=O) groups is 3. The molecule has 0 bridgehead atoms. The van der Waals surface area contributed by atoms with Crippen LogP contribution in [0.25, 0.3) is 0 Å². The van der Waals surface area contributed by atoms with Crippen molar-refractivity contribution in [3.05, 3.63) is 30.1 Å². The molecule has 1 aromatic carbocycles. The van der Waals surface area contributed by atoms with Crippen molar-refractivity contribution in [3.8, 4) is 0 Å². The molecule has 2 amide bonds. The van der Waals surface area contributed by atoms with Gasteiger partial charge in [0.1, 0.15) is 5.82 Å². The Morgan fingerprint density at radius 1 is 1.21 bits per heavy atom. The fourth-order valence-corrected chi connectivity index (χ4v) is 1.77. The minimum atomic E-state index is -0.470. The van der Waals surface area contributed by atoms with E-state index in [9.17, 15) is 18.8 Å². The van der Waals surface area contributed by atoms with Crippen LogP contribution in [-0.4, -0.2) is 42.9 Å². The largest absolute Gasteiger partial charge is 0.456 e. The van der Waals surface area contributed by atoms with E-state index in [0.29, 0.717) is 18.0 Å². The summed E-state index contributed by atoms with van der Waals surface area (Å²) >= 11 is 0. The number of halogens is 1. The number of carbonyl (C=O) groups excluding carboxylic acids is 3. The number of hydrogen-bond acceptors (Lipinski definition) is 4. The highest BCUT2D eigenvalue weighted by Gasteiger charge is 2.15. The fourth-order valence-electron chi connectivity index (χ4n) is 1.77. The molecule has 0 radical (unpaired) electrons. The molecule has 24 heavy (non-hydrogen) atoms. The van der Waals surface area contributed by atoms with Crippen LogP contribution in [0.5, 0.6) is 0 Å². The number of amides is 2. The second-order valence-corrected chi connectivity index (χ2v) is 5.90. The average Bonchev–Trinajstić information content (AvgIpc) is 2.52. The number of likely N-dealkylation sites (N-methyl/N-ethyl adjacent to an activating group) is 1. The van der Waals surface area contributed by atoms with Gasteiger partial charge >= 0.3 is 5.97 Å². The van der Waals surface area contributed by atoms with E-state index in [1.807, 2.05) is 13.8 Å². The van der Waals surface area contributed by atoms with Crippen LogP contribution in [0.1, 0.15) is 26.7 Å². The Morgan fingerprint density at radius 2 is 1.83 bits per heavy atom. The van der Waals surface area contributed by atoms with Crippen LogP contribution in [-0.2, 0) is 19.1 Å². The molecule has 0 atom stereocenters. The number of anilines is 1. The van der Waals surface area contributed by atoms with Gasteiger partial charge in [0.05, 0.1) is 6.54 Å². The molecule has 1 N–H and O–H groups in total. The zero-order chi connectivity index (χ0) is 18.1. The average molecular weight is 338 g/mol. The van der Waals surface area contributed by atoms with E-state index in [1.54, 1.807) is 0 Å². The van der Waals surface area contributed by atoms with Crippen molar-refractivity contribution in [2.75, 3.05) is 25.5 Å². The van der Waals surface area contributed by atoms with E-state index in [1.165, 1.54) is 31.3 Å². The molecule has 6 nitrogen and oxygen atoms in total. The van der Waals surface area contributed by atoms with Crippen molar-refractivity contribution in [1.29, 1.82) is 0 Å². The predicted molar refractivity (Wildman–Crippen MR) is 87.7 cm³/mol. The van der Waals surface area contributed by atoms with Crippen molar-refractivity contribution >= 4 is 23.5 Å². The highest BCUT2D eigenvalue weighted by molar-refractivity contribution is 5.94. The first-order valence-electron chi connectivity index (χ1n) is 7.73. The predicted octanol–water partition coefficient (Wildman–Crippen LogP) is 2.20. The van der Waals surface area contributed by atoms with Crippen LogP contribution in [0, 0.1) is 11.7 Å². The van der Waals surface area contributed by atoms with E-state index in [0.717, 1.165) is 4.90 Å². The van der Waals surface area contributed by atoms with Gasteiger partial charge in [-0.05, 0) is 36.6 Å². The molecule has 7 heteroatoms. The lowest BCUT2D eigenvalue weighted by Gasteiger charge is -2.17. The van der Waals surface area contributed by atoms with Crippen LogP contribution < -0.4 is 5.32 Å². The number of nitrogens with zero attached hydrogens (tertiary/aromatic N) is 1. The van der Waals surface area contributed by atoms with E-state index < -0.39 is 30.2 Å². The maximum Gasteiger partial charge on any atom is 0.306 e. The Bertz CT molecular complexity index is 572. The lowest BCUT2D eigenvalue weighted by Crippen LogP contribution is -2.37. The lowest BCUT2D eigenvalue weighted by atomic mass is 10.1. The van der Waals surface area contributed by atoms with Gasteiger partial charge in [0.15, 0.2) is 6.61 Å². The summed E-state index contributed by atoms with van der Waals surface area (Å²) < 4.78 is 17.7. The summed E-state index contributed by atoms with van der Waals surface area (Å²) in [5.41, 5.74) is 0.433. The molecular weight excluding hydrogens is 315 g/mol. The van der Waals surface area contributed by atoms with Gasteiger partial charge in [0, 0.05) is 19.2 Å². The molecule has 0 fully saturated rings. The number of rotatable bonds is 8. The molecular formula is C17H23FN2O4. The highest BCUT2D eigenvalue weighted by Crippen LogP contribution is 2.08. The Hall–Kier alpha value is -2.44. The fraction of sp³-hybridized carbons (Fsp3) is 0.471. The maximum absolute atomic E-state index is 12.8. The van der Waals surface area contributed by atoms with Crippen molar-refractivity contribution in [2.45, 2.75) is 26.7 Å². The van der Waals surface area contributed by atoms with Crippen molar-refractivity contribution in [3.63, 3.8) is 0 Å². The summed E-state index contributed by atoms with van der Waals surface area (Å²) in [6, 6.07) is 5.29. The van der Waals surface area contributed by atoms with Crippen molar-refractivity contribution in [2.24, 2.45) is 5.92 Å². The van der Waals surface area contributed by atoms with Crippen LogP contribution in [0.3, 0.4) is 0 Å². The molecule has 1 rings (SSSR count). The zero-order valence-corrected chi connectivity index (χ0v) is 14.2. The molecule has 0 unspecified atom stereocenters. The number of benzene rings is 1. The number of ether oxygens (including phenoxy) is 1. The minimum Gasteiger partial charge on any atom is -0.456 e. The van der Waals surface area contributed by atoms with Gasteiger partial charge in [-0.1, -0.05) is 13.8 Å². The summed E-state index contributed by atoms with van der Waals surface area (Å²) in [6.45, 7) is 3.40. The minimum absolute atomic E-state index is 0.195. The third kappa shape index (κ3) is 7.71. The van der Waals surface area contributed by atoms with Crippen LogP contribution in [0.4, 0.5) is 10.1 Å². The third-order valence-electron chi connectivity index (χ3n) is 3.22. The van der Waals surface area contributed by atoms with E-state index in [4.69, 9.17) is 4.74 Å². The molecule has 132 valence electrons. The SMILES string of the molecule is CC(C)CCC(=O)OCC(=O)N(C)CC(=O)Nc1ccc(F)cc1. The van der Waals surface area contributed by atoms with Gasteiger partial charge in [-0.15, -0.1) is 0 Å². The normalized spacial score (nSPS) is 10.4. The van der Waals surface area contributed by atoms with Crippen molar-refractivity contribution in [1.82, 2.24) is 4.90 Å². The molecule has 1 aromatic rings. The maximum atomic E-state index is 12.8. The molecule has 0 saturated heterocycles. The standard InChI is InChI=1S/C17H23FN2O4/c1-12(2)4-9-17(23)24-11-16(22)20(3)10-15(21)19-14-7-5-13(18)6-8-14/h5-8,12H,4,9-11H2,1-3H3,(H,19,21). The van der Waals surface area contributed by atoms with Crippen molar-refractivity contribution < 1.29 is 23.5 Å². The number of esters is 1. The molecule has 0 aliphatic rings.